The first-order chi connectivity index (χ1) is 5.91. The molecule has 12 nitrogen and oxygen atoms in total. The van der Waals surface area contributed by atoms with Crippen LogP contribution >= 0.6 is 0 Å². The predicted molar refractivity (Wildman–Crippen MR) is 31.9 cm³/mol. The Morgan fingerprint density at radius 1 is 0.500 bits per heavy atom. The minimum absolute atomic E-state index is 0. The fourth-order valence-corrected chi connectivity index (χ4v) is 0.147. The minimum atomic E-state index is 0. The third-order valence-electron chi connectivity index (χ3n) is 0.369. The van der Waals surface area contributed by atoms with Crippen molar-refractivity contribution < 1.29 is 2.85 Å². The Labute approximate surface area is 67.5 Å². The first-order valence-corrected chi connectivity index (χ1v) is 2.25. The summed E-state index contributed by atoms with van der Waals surface area (Å²) in [6.45, 7) is 0. The van der Waals surface area contributed by atoms with Crippen LogP contribution in [0.15, 0.2) is 52.2 Å². The summed E-state index contributed by atoms with van der Waals surface area (Å²) in [7, 11) is 0. The van der Waals surface area contributed by atoms with Crippen LogP contribution in [0.25, 0.3) is 0 Å². The van der Waals surface area contributed by atoms with E-state index in [1.165, 1.54) is 0 Å². The molecule has 12 heteroatoms. The van der Waals surface area contributed by atoms with E-state index in [0.29, 0.717) is 0 Å². The van der Waals surface area contributed by atoms with Gasteiger partial charge in [0, 0.05) is 0 Å². The number of hydrogen-bond donors (Lipinski definition) is 2. The van der Waals surface area contributed by atoms with E-state index in [1.54, 1.807) is 0 Å². The quantitative estimate of drug-likeness (QED) is 0.458. The van der Waals surface area contributed by atoms with Crippen LogP contribution in [0.5, 0.6) is 0 Å². The molecule has 0 aromatic heterocycles. The molecule has 62 valence electrons. The normalized spacial score (nSPS) is 12.3. The van der Waals surface area contributed by atoms with Crippen LogP contribution in [-0.4, -0.2) is 0 Å². The molecular formula is H4N12+2. The third-order valence-corrected chi connectivity index (χ3v) is 0.369. The highest BCUT2D eigenvalue weighted by atomic mass is 15.7. The monoisotopic (exact) mass is 172 g/mol. The third kappa shape index (κ3) is 7.60. The van der Waals surface area contributed by atoms with Crippen molar-refractivity contribution in [2.24, 2.45) is 52.2 Å². The van der Waals surface area contributed by atoms with Crippen LogP contribution < -0.4 is 0 Å². The Balaban J connectivity index is -0.000000605. The summed E-state index contributed by atoms with van der Waals surface area (Å²) in [4.78, 5) is 0. The first kappa shape index (κ1) is 9.60. The average Bonchev–Trinajstić information content (AvgIpc) is 2.10. The second kappa shape index (κ2) is 8.60. The second-order valence-corrected chi connectivity index (χ2v) is 0.916. The fraction of sp³-hybridized carbons (Fsp3) is 0. The van der Waals surface area contributed by atoms with Gasteiger partial charge in [0.2, 0.25) is 0 Å². The molecule has 0 bridgehead atoms. The van der Waals surface area contributed by atoms with Crippen molar-refractivity contribution in [2.45, 2.75) is 0 Å². The maximum absolute atomic E-state index is 6.12. The van der Waals surface area contributed by atoms with Crippen molar-refractivity contribution in [3.8, 4) is 0 Å². The number of nitrogens with zero attached hydrogens (tertiary/aromatic N) is 10. The van der Waals surface area contributed by atoms with E-state index in [0.717, 1.165) is 0 Å². The first-order valence-electron chi connectivity index (χ1n) is 2.25. The van der Waals surface area contributed by atoms with Gasteiger partial charge in [-0.05, 0) is 52.2 Å². The molecule has 0 aliphatic rings. The molecule has 0 amide bonds. The van der Waals surface area contributed by atoms with E-state index in [4.69, 9.17) is 11.1 Å². The van der Waals surface area contributed by atoms with E-state index in [-0.39, 0.29) is 2.85 Å². The van der Waals surface area contributed by atoms with Gasteiger partial charge in [0.05, 0.1) is 0 Å². The highest BCUT2D eigenvalue weighted by Gasteiger charge is 1.66. The Kier molecular flexibility index (Phi) is 6.88. The average molecular weight is 172 g/mol. The molecule has 0 fully saturated rings. The molecule has 0 saturated carbocycles. The largest absolute Gasteiger partial charge is 1.00 e. The molecule has 0 saturated heterocycles. The molecule has 0 unspecified atom stereocenters. The van der Waals surface area contributed by atoms with Gasteiger partial charge in [-0.3, -0.25) is 0 Å². The second-order valence-electron chi connectivity index (χ2n) is 0.916. The van der Waals surface area contributed by atoms with E-state index < -0.39 is 0 Å². The molecule has 0 aromatic rings. The van der Waals surface area contributed by atoms with Gasteiger partial charge >= 0.3 is 2.85 Å². The summed E-state index contributed by atoms with van der Waals surface area (Å²) in [5.74, 6) is 0. The summed E-state index contributed by atoms with van der Waals surface area (Å²) in [5.41, 5.74) is 12.2. The maximum atomic E-state index is 6.12. The van der Waals surface area contributed by atoms with Crippen LogP contribution in [0.3, 0.4) is 0 Å². The van der Waals surface area contributed by atoms with E-state index in [2.05, 4.69) is 52.2 Å². The van der Waals surface area contributed by atoms with E-state index >= 15 is 0 Å². The van der Waals surface area contributed by atoms with E-state index in [9.17, 15) is 0 Å². The molecule has 0 aliphatic carbocycles. The SMILES string of the molecule is N=N/N=N/N=N/N=N/N=N/N=N.[H+].[H+]. The molecule has 0 radical (unpaired) electrons. The lowest BCUT2D eigenvalue weighted by Crippen LogP contribution is -1.47. The van der Waals surface area contributed by atoms with Gasteiger partial charge in [0.25, 0.3) is 0 Å². The van der Waals surface area contributed by atoms with E-state index in [1.807, 2.05) is 0 Å². The summed E-state index contributed by atoms with van der Waals surface area (Å²) in [6, 6.07) is 0. The molecule has 0 spiro atoms. The van der Waals surface area contributed by atoms with Crippen LogP contribution in [0, 0.1) is 11.1 Å². The molecule has 2 N–H and O–H groups in total. The van der Waals surface area contributed by atoms with Crippen LogP contribution in [0.1, 0.15) is 2.85 Å². The molecular weight excluding hydrogens is 168 g/mol. The number of hydrogen-bond acceptors (Lipinski definition) is 2. The van der Waals surface area contributed by atoms with Crippen LogP contribution in [-0.2, 0) is 0 Å². The molecule has 0 aromatic carbocycles. The zero-order valence-corrected chi connectivity index (χ0v) is 5.47. The molecule has 12 heavy (non-hydrogen) atoms. The van der Waals surface area contributed by atoms with Crippen molar-refractivity contribution in [3.05, 3.63) is 0 Å². The zero-order chi connectivity index (χ0) is 9.07. The van der Waals surface area contributed by atoms with Crippen molar-refractivity contribution >= 4 is 0 Å². The van der Waals surface area contributed by atoms with Gasteiger partial charge in [-0.15, -0.1) is 0 Å². The van der Waals surface area contributed by atoms with Crippen LogP contribution in [0.4, 0.5) is 0 Å². The van der Waals surface area contributed by atoms with Crippen LogP contribution in [0.2, 0.25) is 0 Å². The molecule has 0 atom stereocenters. The van der Waals surface area contributed by atoms with Gasteiger partial charge in [0.1, 0.15) is 0 Å². The number of rotatable bonds is 5. The van der Waals surface area contributed by atoms with Crippen molar-refractivity contribution in [1.29, 1.82) is 11.1 Å². The Morgan fingerprint density at radius 3 is 1.00 bits per heavy atom. The summed E-state index contributed by atoms with van der Waals surface area (Å²) in [5, 5.41) is 27.8. The van der Waals surface area contributed by atoms with Gasteiger partial charge in [-0.2, -0.15) is 11.1 Å². The highest BCUT2D eigenvalue weighted by molar-refractivity contribution is 4.09. The minimum Gasteiger partial charge on any atom is -0.183 e. The summed E-state index contributed by atoms with van der Waals surface area (Å²) >= 11 is 0. The Morgan fingerprint density at radius 2 is 0.750 bits per heavy atom. The molecule has 0 heterocycles. The number of nitrogens with one attached hydrogen (secondary N) is 2. The maximum Gasteiger partial charge on any atom is 1.00 e. The molecule has 0 aliphatic heterocycles. The van der Waals surface area contributed by atoms with Gasteiger partial charge < -0.3 is 0 Å². The standard InChI is InChI=1S/H2N12/c1-3-5-7-9-11-12-10-8-6-4-2/h1-2H/p+2/b3-1?,4-2?,7-5+,8-6+,11-9+,12-10+. The molecule has 0 rings (SSSR count). The van der Waals surface area contributed by atoms with Crippen molar-refractivity contribution in [3.63, 3.8) is 0 Å². The lowest BCUT2D eigenvalue weighted by atomic mass is 12.4. The van der Waals surface area contributed by atoms with Gasteiger partial charge in [-0.1, -0.05) is 0 Å². The van der Waals surface area contributed by atoms with Crippen molar-refractivity contribution in [2.75, 3.05) is 0 Å². The Hall–Kier alpha value is -2.40. The zero-order valence-electron chi connectivity index (χ0n) is 7.47. The van der Waals surface area contributed by atoms with Gasteiger partial charge in [0.15, 0.2) is 0 Å². The highest BCUT2D eigenvalue weighted by Crippen LogP contribution is 1.85. The topological polar surface area (TPSA) is 171 Å². The van der Waals surface area contributed by atoms with Gasteiger partial charge in [-0.25, -0.2) is 0 Å². The predicted octanol–water partition coefficient (Wildman–Crippen LogP) is 2.66. The lowest BCUT2D eigenvalue weighted by molar-refractivity contribution is 0.754. The van der Waals surface area contributed by atoms with Crippen molar-refractivity contribution in [1.82, 2.24) is 0 Å². The fourth-order valence-electron chi connectivity index (χ4n) is 0.147. The summed E-state index contributed by atoms with van der Waals surface area (Å²) < 4.78 is 0. The lowest BCUT2D eigenvalue weighted by Gasteiger charge is -1.66. The smallest absolute Gasteiger partial charge is 0.183 e. The summed E-state index contributed by atoms with van der Waals surface area (Å²) in [6.07, 6.45) is 0. The Bertz CT molecular complexity index is 207.